The SMILES string of the molecule is O=C(O)c1ccc(-c2ccc3nnc(Cc4ccc(O)cc4)n3n2)s1. The van der Waals surface area contributed by atoms with Crippen LogP contribution in [0.1, 0.15) is 21.1 Å². The number of hydrogen-bond donors (Lipinski definition) is 2. The highest BCUT2D eigenvalue weighted by molar-refractivity contribution is 7.17. The fraction of sp³-hybridized carbons (Fsp3) is 0.0588. The average molecular weight is 352 g/mol. The van der Waals surface area contributed by atoms with Crippen molar-refractivity contribution < 1.29 is 15.0 Å². The minimum Gasteiger partial charge on any atom is -0.508 e. The summed E-state index contributed by atoms with van der Waals surface area (Å²) in [7, 11) is 0. The third-order valence-corrected chi connectivity index (χ3v) is 4.79. The van der Waals surface area contributed by atoms with Crippen LogP contribution in [-0.4, -0.2) is 36.0 Å². The number of thiophene rings is 1. The third kappa shape index (κ3) is 2.94. The summed E-state index contributed by atoms with van der Waals surface area (Å²) in [6.45, 7) is 0. The Labute approximate surface area is 145 Å². The summed E-state index contributed by atoms with van der Waals surface area (Å²) in [5, 5.41) is 31.3. The molecular formula is C17H12N4O3S. The first kappa shape index (κ1) is 15.3. The van der Waals surface area contributed by atoms with Crippen LogP contribution in [0.2, 0.25) is 0 Å². The van der Waals surface area contributed by atoms with Crippen LogP contribution in [0.5, 0.6) is 5.75 Å². The molecule has 0 radical (unpaired) electrons. The molecule has 4 aromatic rings. The van der Waals surface area contributed by atoms with Crippen molar-refractivity contribution in [2.45, 2.75) is 6.42 Å². The van der Waals surface area contributed by atoms with Gasteiger partial charge in [-0.25, -0.2) is 4.79 Å². The van der Waals surface area contributed by atoms with E-state index in [-0.39, 0.29) is 10.6 Å². The van der Waals surface area contributed by atoms with Gasteiger partial charge in [0.15, 0.2) is 11.5 Å². The van der Waals surface area contributed by atoms with Gasteiger partial charge in [-0.05, 0) is 42.0 Å². The van der Waals surface area contributed by atoms with Gasteiger partial charge in [-0.2, -0.15) is 9.61 Å². The lowest BCUT2D eigenvalue weighted by Gasteiger charge is -2.02. The van der Waals surface area contributed by atoms with E-state index in [1.54, 1.807) is 40.9 Å². The number of carbonyl (C=O) groups is 1. The van der Waals surface area contributed by atoms with Gasteiger partial charge in [0.2, 0.25) is 0 Å². The van der Waals surface area contributed by atoms with Gasteiger partial charge in [-0.3, -0.25) is 0 Å². The molecule has 0 atom stereocenters. The van der Waals surface area contributed by atoms with Crippen LogP contribution in [0.4, 0.5) is 0 Å². The number of hydrogen-bond acceptors (Lipinski definition) is 6. The highest BCUT2D eigenvalue weighted by Gasteiger charge is 2.13. The molecule has 0 saturated carbocycles. The summed E-state index contributed by atoms with van der Waals surface area (Å²) in [4.78, 5) is 12.1. The molecule has 0 aliphatic carbocycles. The van der Waals surface area contributed by atoms with E-state index >= 15 is 0 Å². The maximum atomic E-state index is 11.0. The first-order valence-electron chi connectivity index (χ1n) is 7.43. The van der Waals surface area contributed by atoms with E-state index in [9.17, 15) is 9.90 Å². The molecule has 0 saturated heterocycles. The lowest BCUT2D eigenvalue weighted by atomic mass is 10.1. The standard InChI is InChI=1S/C17H12N4O3S/c22-11-3-1-10(2-4-11)9-16-19-18-15-8-5-12(20-21(15)16)13-6-7-14(25-13)17(23)24/h1-8,22H,9H2,(H,23,24). The van der Waals surface area contributed by atoms with Gasteiger partial charge in [0.1, 0.15) is 16.3 Å². The van der Waals surface area contributed by atoms with Crippen LogP contribution >= 0.6 is 11.3 Å². The molecule has 0 amide bonds. The quantitative estimate of drug-likeness (QED) is 0.586. The molecular weight excluding hydrogens is 340 g/mol. The number of phenols is 1. The van der Waals surface area contributed by atoms with Crippen molar-refractivity contribution in [3.05, 3.63) is 64.8 Å². The van der Waals surface area contributed by atoms with Gasteiger partial charge in [0, 0.05) is 6.42 Å². The minimum absolute atomic E-state index is 0.210. The van der Waals surface area contributed by atoms with Gasteiger partial charge in [-0.1, -0.05) is 12.1 Å². The lowest BCUT2D eigenvalue weighted by molar-refractivity contribution is 0.0702. The molecule has 4 rings (SSSR count). The minimum atomic E-state index is -0.949. The zero-order chi connectivity index (χ0) is 17.4. The predicted molar refractivity (Wildman–Crippen MR) is 92.0 cm³/mol. The zero-order valence-corrected chi connectivity index (χ0v) is 13.6. The van der Waals surface area contributed by atoms with Crippen LogP contribution in [0.25, 0.3) is 16.2 Å². The van der Waals surface area contributed by atoms with Crippen molar-refractivity contribution in [3.8, 4) is 16.3 Å². The molecule has 3 heterocycles. The highest BCUT2D eigenvalue weighted by atomic mass is 32.1. The molecule has 3 aromatic heterocycles. The molecule has 0 aliphatic heterocycles. The van der Waals surface area contributed by atoms with Crippen molar-refractivity contribution in [1.29, 1.82) is 0 Å². The Morgan fingerprint density at radius 3 is 2.56 bits per heavy atom. The zero-order valence-electron chi connectivity index (χ0n) is 12.8. The number of aromatic hydroxyl groups is 1. The molecule has 25 heavy (non-hydrogen) atoms. The van der Waals surface area contributed by atoms with Crippen molar-refractivity contribution in [2.75, 3.05) is 0 Å². The number of aromatic carboxylic acids is 1. The van der Waals surface area contributed by atoms with E-state index in [1.165, 1.54) is 11.3 Å². The summed E-state index contributed by atoms with van der Waals surface area (Å²) >= 11 is 1.17. The fourth-order valence-corrected chi connectivity index (χ4v) is 3.27. The first-order valence-corrected chi connectivity index (χ1v) is 8.24. The van der Waals surface area contributed by atoms with E-state index in [0.29, 0.717) is 23.6 Å². The van der Waals surface area contributed by atoms with Crippen molar-refractivity contribution in [1.82, 2.24) is 19.8 Å². The van der Waals surface area contributed by atoms with E-state index in [2.05, 4.69) is 15.3 Å². The number of carboxylic acids is 1. The fourth-order valence-electron chi connectivity index (χ4n) is 2.46. The van der Waals surface area contributed by atoms with E-state index in [4.69, 9.17) is 5.11 Å². The number of rotatable bonds is 4. The van der Waals surface area contributed by atoms with Crippen LogP contribution in [0, 0.1) is 0 Å². The summed E-state index contributed by atoms with van der Waals surface area (Å²) in [6.07, 6.45) is 0.517. The predicted octanol–water partition coefficient (Wildman–Crippen LogP) is 2.85. The highest BCUT2D eigenvalue weighted by Crippen LogP contribution is 2.27. The van der Waals surface area contributed by atoms with E-state index in [1.807, 2.05) is 12.1 Å². The van der Waals surface area contributed by atoms with Gasteiger partial charge in [0.25, 0.3) is 0 Å². The van der Waals surface area contributed by atoms with Crippen LogP contribution in [0.15, 0.2) is 48.5 Å². The Morgan fingerprint density at radius 2 is 1.84 bits per heavy atom. The molecule has 0 aliphatic rings. The second-order valence-electron chi connectivity index (χ2n) is 5.42. The molecule has 0 fully saturated rings. The molecule has 2 N–H and O–H groups in total. The number of benzene rings is 1. The maximum Gasteiger partial charge on any atom is 0.345 e. The number of carboxylic acid groups (broad SMARTS) is 1. The first-order chi connectivity index (χ1) is 12.1. The second-order valence-corrected chi connectivity index (χ2v) is 6.50. The van der Waals surface area contributed by atoms with Crippen LogP contribution < -0.4 is 0 Å². The molecule has 1 aromatic carbocycles. The van der Waals surface area contributed by atoms with Gasteiger partial charge in [-0.15, -0.1) is 21.5 Å². The molecule has 0 spiro atoms. The van der Waals surface area contributed by atoms with E-state index < -0.39 is 5.97 Å². The number of fused-ring (bicyclic) bond motifs is 1. The average Bonchev–Trinajstić information content (AvgIpc) is 3.24. The summed E-state index contributed by atoms with van der Waals surface area (Å²) in [6, 6.07) is 13.8. The maximum absolute atomic E-state index is 11.0. The Bertz CT molecular complexity index is 1070. The van der Waals surface area contributed by atoms with Crippen molar-refractivity contribution >= 4 is 23.0 Å². The van der Waals surface area contributed by atoms with Crippen molar-refractivity contribution in [3.63, 3.8) is 0 Å². The van der Waals surface area contributed by atoms with Gasteiger partial charge < -0.3 is 10.2 Å². The normalized spacial score (nSPS) is 11.0. The molecule has 0 unspecified atom stereocenters. The largest absolute Gasteiger partial charge is 0.508 e. The smallest absolute Gasteiger partial charge is 0.345 e. The number of phenolic OH excluding ortho intramolecular Hbond substituents is 1. The second kappa shape index (κ2) is 5.99. The molecule has 8 heteroatoms. The van der Waals surface area contributed by atoms with Crippen LogP contribution in [-0.2, 0) is 6.42 Å². The topological polar surface area (TPSA) is 101 Å². The lowest BCUT2D eigenvalue weighted by Crippen LogP contribution is -2.01. The van der Waals surface area contributed by atoms with Crippen molar-refractivity contribution in [2.24, 2.45) is 0 Å². The summed E-state index contributed by atoms with van der Waals surface area (Å²) in [5.41, 5.74) is 2.26. The van der Waals surface area contributed by atoms with Gasteiger partial charge in [0.05, 0.1) is 4.88 Å². The Balaban J connectivity index is 1.71. The molecule has 0 bridgehead atoms. The Hall–Kier alpha value is -3.26. The monoisotopic (exact) mass is 352 g/mol. The number of nitrogens with zero attached hydrogens (tertiary/aromatic N) is 4. The van der Waals surface area contributed by atoms with Crippen LogP contribution in [0.3, 0.4) is 0 Å². The molecule has 124 valence electrons. The van der Waals surface area contributed by atoms with E-state index in [0.717, 1.165) is 10.4 Å². The Kier molecular flexibility index (Phi) is 3.66. The molecule has 7 nitrogen and oxygen atoms in total. The Morgan fingerprint density at radius 1 is 1.04 bits per heavy atom. The number of aromatic nitrogens is 4. The summed E-state index contributed by atoms with van der Waals surface area (Å²) < 4.78 is 1.66. The van der Waals surface area contributed by atoms with Gasteiger partial charge >= 0.3 is 5.97 Å². The third-order valence-electron chi connectivity index (χ3n) is 3.70. The summed E-state index contributed by atoms with van der Waals surface area (Å²) in [5.74, 6) is -0.0746.